The largest absolute Gasteiger partial charge is 0.236 e. The molecule has 0 aromatic heterocycles. The van der Waals surface area contributed by atoms with Gasteiger partial charge in [-0.1, -0.05) is 11.6 Å². The molecule has 46 valence electrons. The van der Waals surface area contributed by atoms with E-state index >= 15 is 0 Å². The Labute approximate surface area is 57.5 Å². The average molecular weight is 154 g/mol. The van der Waals surface area contributed by atoms with Gasteiger partial charge in [0.2, 0.25) is 6.08 Å². The van der Waals surface area contributed by atoms with Crippen molar-refractivity contribution in [3.05, 3.63) is 0 Å². The van der Waals surface area contributed by atoms with Crippen LogP contribution in [0.1, 0.15) is 6.92 Å². The predicted octanol–water partition coefficient (Wildman–Crippen LogP) is 1.51. The summed E-state index contributed by atoms with van der Waals surface area (Å²) in [5.41, 5.74) is -0.644. The third kappa shape index (κ3) is 3.03. The lowest BCUT2D eigenvalue weighted by molar-refractivity contribution is 0.561. The molecule has 0 aromatic rings. The predicted molar refractivity (Wildman–Crippen MR) is 33.1 cm³/mol. The minimum atomic E-state index is -0.644. The molecule has 8 heavy (non-hydrogen) atoms. The first-order valence-electron chi connectivity index (χ1n) is 2.03. The number of rotatable bonds is 2. The van der Waals surface area contributed by atoms with E-state index in [1.165, 1.54) is 6.08 Å². The summed E-state index contributed by atoms with van der Waals surface area (Å²) < 4.78 is 0. The van der Waals surface area contributed by atoms with Crippen LogP contribution in [0.4, 0.5) is 0 Å². The number of hydrogen-bond donors (Lipinski definition) is 0. The zero-order valence-electron chi connectivity index (χ0n) is 4.27. The Morgan fingerprint density at radius 2 is 2.12 bits per heavy atom. The van der Waals surface area contributed by atoms with Crippen molar-refractivity contribution in [3.63, 3.8) is 0 Å². The zero-order chi connectivity index (χ0) is 6.57. The van der Waals surface area contributed by atoms with E-state index in [0.717, 1.165) is 0 Å². The Balaban J connectivity index is 3.63. The number of hydrogen-bond acceptors (Lipinski definition) is 2. The number of nitrogens with zero attached hydrogens (tertiary/aromatic N) is 1. The van der Waals surface area contributed by atoms with Crippen molar-refractivity contribution < 1.29 is 4.79 Å². The molecule has 0 saturated carbocycles. The number of aliphatic imine (C=N–C) groups is 1. The van der Waals surface area contributed by atoms with Crippen LogP contribution >= 0.6 is 23.2 Å². The van der Waals surface area contributed by atoms with Gasteiger partial charge in [0.05, 0.1) is 5.38 Å². The number of alkyl halides is 2. The molecule has 0 rings (SSSR count). The molecule has 0 radical (unpaired) electrons. The number of carbonyl (C=O) groups excluding carboxylic acids is 1. The molecule has 0 spiro atoms. The van der Waals surface area contributed by atoms with Crippen LogP contribution in [-0.2, 0) is 4.79 Å². The summed E-state index contributed by atoms with van der Waals surface area (Å²) in [6, 6.07) is 0. The molecule has 0 N–H and O–H groups in total. The Morgan fingerprint density at radius 3 is 2.25 bits per heavy atom. The van der Waals surface area contributed by atoms with E-state index in [9.17, 15) is 4.79 Å². The van der Waals surface area contributed by atoms with E-state index in [1.54, 1.807) is 6.92 Å². The molecule has 2 atom stereocenters. The lowest BCUT2D eigenvalue weighted by Crippen LogP contribution is -2.06. The standard InChI is InChI=1S/C4H5Cl2NO/c1-3(5)4(6)7-2-8/h3-4H,1H3. The van der Waals surface area contributed by atoms with Crippen LogP contribution in [0.3, 0.4) is 0 Å². The van der Waals surface area contributed by atoms with Crippen LogP contribution in [0, 0.1) is 0 Å². The average Bonchev–Trinajstić information content (AvgIpc) is 1.67. The highest BCUT2D eigenvalue weighted by atomic mass is 35.5. The summed E-state index contributed by atoms with van der Waals surface area (Å²) in [5.74, 6) is 0. The first kappa shape index (κ1) is 7.96. The van der Waals surface area contributed by atoms with E-state index in [1.807, 2.05) is 0 Å². The zero-order valence-corrected chi connectivity index (χ0v) is 5.78. The van der Waals surface area contributed by atoms with Gasteiger partial charge in [-0.2, -0.15) is 4.99 Å². The summed E-state index contributed by atoms with van der Waals surface area (Å²) in [5, 5.41) is -0.321. The highest BCUT2D eigenvalue weighted by Crippen LogP contribution is 2.08. The highest BCUT2D eigenvalue weighted by Gasteiger charge is 2.07. The van der Waals surface area contributed by atoms with Gasteiger partial charge in [0.15, 0.2) is 5.50 Å². The van der Waals surface area contributed by atoms with Gasteiger partial charge in [-0.3, -0.25) is 0 Å². The summed E-state index contributed by atoms with van der Waals surface area (Å²) in [4.78, 5) is 12.6. The van der Waals surface area contributed by atoms with Crippen LogP contribution < -0.4 is 0 Å². The minimum Gasteiger partial charge on any atom is -0.211 e. The fraction of sp³-hybridized carbons (Fsp3) is 0.750. The van der Waals surface area contributed by atoms with E-state index in [-0.39, 0.29) is 5.38 Å². The third-order valence-electron chi connectivity index (χ3n) is 0.555. The second kappa shape index (κ2) is 3.90. The Morgan fingerprint density at radius 1 is 1.62 bits per heavy atom. The second-order valence-electron chi connectivity index (χ2n) is 1.27. The maximum Gasteiger partial charge on any atom is 0.236 e. The fourth-order valence-corrected chi connectivity index (χ4v) is 0.249. The first-order chi connectivity index (χ1) is 3.68. The van der Waals surface area contributed by atoms with Gasteiger partial charge in [0.25, 0.3) is 0 Å². The van der Waals surface area contributed by atoms with E-state index in [0.29, 0.717) is 0 Å². The molecular formula is C4H5Cl2NO. The van der Waals surface area contributed by atoms with Crippen molar-refractivity contribution in [3.8, 4) is 0 Å². The molecule has 2 nitrogen and oxygen atoms in total. The van der Waals surface area contributed by atoms with Crippen LogP contribution in [0.25, 0.3) is 0 Å². The van der Waals surface area contributed by atoms with Crippen molar-refractivity contribution in [2.24, 2.45) is 4.99 Å². The van der Waals surface area contributed by atoms with Gasteiger partial charge in [-0.05, 0) is 6.92 Å². The molecular weight excluding hydrogens is 149 g/mol. The molecule has 4 heteroatoms. The van der Waals surface area contributed by atoms with Gasteiger partial charge in [-0.15, -0.1) is 11.6 Å². The summed E-state index contributed by atoms with van der Waals surface area (Å²) in [6.07, 6.45) is 1.31. The van der Waals surface area contributed by atoms with Gasteiger partial charge in [0.1, 0.15) is 0 Å². The number of halogens is 2. The number of isocyanates is 1. The van der Waals surface area contributed by atoms with Crippen molar-refractivity contribution in [2.75, 3.05) is 0 Å². The van der Waals surface area contributed by atoms with Gasteiger partial charge in [0, 0.05) is 0 Å². The van der Waals surface area contributed by atoms with Crippen LogP contribution in [-0.4, -0.2) is 17.0 Å². The normalized spacial score (nSPS) is 16.4. The van der Waals surface area contributed by atoms with E-state index < -0.39 is 5.50 Å². The maximum atomic E-state index is 9.48. The van der Waals surface area contributed by atoms with Crippen molar-refractivity contribution in [1.29, 1.82) is 0 Å². The molecule has 0 aliphatic rings. The van der Waals surface area contributed by atoms with Crippen molar-refractivity contribution in [1.82, 2.24) is 0 Å². The molecule has 0 saturated heterocycles. The fourth-order valence-electron chi connectivity index (χ4n) is 0.153. The molecule has 2 unspecified atom stereocenters. The molecule has 0 aromatic carbocycles. The summed E-state index contributed by atoms with van der Waals surface area (Å²) in [6.45, 7) is 1.65. The van der Waals surface area contributed by atoms with Crippen molar-refractivity contribution in [2.45, 2.75) is 17.8 Å². The summed E-state index contributed by atoms with van der Waals surface area (Å²) >= 11 is 10.8. The maximum absolute atomic E-state index is 9.48. The van der Waals surface area contributed by atoms with Gasteiger partial charge in [-0.25, -0.2) is 4.79 Å². The smallest absolute Gasteiger partial charge is 0.211 e. The molecule has 0 aliphatic heterocycles. The molecule has 0 aliphatic carbocycles. The van der Waals surface area contributed by atoms with Gasteiger partial charge >= 0.3 is 0 Å². The third-order valence-corrected chi connectivity index (χ3v) is 1.40. The topological polar surface area (TPSA) is 29.4 Å². The lowest BCUT2D eigenvalue weighted by Gasteiger charge is -2.00. The van der Waals surface area contributed by atoms with E-state index in [4.69, 9.17) is 23.2 Å². The SMILES string of the molecule is CC(Cl)C(Cl)N=C=O. The Hall–Kier alpha value is -0.0400. The Kier molecular flexibility index (Phi) is 3.88. The Bertz CT molecular complexity index is 109. The quantitative estimate of drug-likeness (QED) is 0.256. The van der Waals surface area contributed by atoms with Crippen LogP contribution in [0.15, 0.2) is 4.99 Å². The molecule has 0 bridgehead atoms. The van der Waals surface area contributed by atoms with Gasteiger partial charge < -0.3 is 0 Å². The van der Waals surface area contributed by atoms with E-state index in [2.05, 4.69) is 4.99 Å². The lowest BCUT2D eigenvalue weighted by atomic mass is 10.5. The second-order valence-corrected chi connectivity index (χ2v) is 2.41. The van der Waals surface area contributed by atoms with Crippen LogP contribution in [0.2, 0.25) is 0 Å². The minimum absolute atomic E-state index is 0.321. The molecule has 0 heterocycles. The summed E-state index contributed by atoms with van der Waals surface area (Å²) in [7, 11) is 0. The van der Waals surface area contributed by atoms with Crippen molar-refractivity contribution >= 4 is 29.3 Å². The molecule has 0 amide bonds. The van der Waals surface area contributed by atoms with Crippen LogP contribution in [0.5, 0.6) is 0 Å². The first-order valence-corrected chi connectivity index (χ1v) is 2.91. The molecule has 0 fully saturated rings. The monoisotopic (exact) mass is 153 g/mol. The highest BCUT2D eigenvalue weighted by molar-refractivity contribution is 6.29.